The van der Waals surface area contributed by atoms with Crippen molar-refractivity contribution in [2.45, 2.75) is 44.2 Å². The van der Waals surface area contributed by atoms with Gasteiger partial charge >= 0.3 is 0 Å². The zero-order chi connectivity index (χ0) is 17.1. The fourth-order valence-corrected chi connectivity index (χ4v) is 3.60. The smallest absolute Gasteiger partial charge is 0.251 e. The van der Waals surface area contributed by atoms with Gasteiger partial charge < -0.3 is 10.4 Å². The van der Waals surface area contributed by atoms with E-state index >= 15 is 0 Å². The van der Waals surface area contributed by atoms with Crippen LogP contribution in [0.25, 0.3) is 0 Å². The van der Waals surface area contributed by atoms with Gasteiger partial charge in [0.05, 0.1) is 11.1 Å². The highest BCUT2D eigenvalue weighted by molar-refractivity contribution is 7.89. The molecule has 0 fully saturated rings. The third-order valence-corrected chi connectivity index (χ3v) is 4.72. The molecule has 22 heavy (non-hydrogen) atoms. The lowest BCUT2D eigenvalue weighted by Gasteiger charge is -2.21. The number of aliphatic hydroxyl groups excluding tert-OH is 1. The Morgan fingerprint density at radius 1 is 1.36 bits per heavy atom. The maximum absolute atomic E-state index is 12.3. The lowest BCUT2D eigenvalue weighted by Crippen LogP contribution is -2.40. The van der Waals surface area contributed by atoms with Crippen molar-refractivity contribution in [3.63, 3.8) is 0 Å². The van der Waals surface area contributed by atoms with Crippen LogP contribution in [0.4, 0.5) is 0 Å². The van der Waals surface area contributed by atoms with Crippen LogP contribution >= 0.6 is 11.6 Å². The summed E-state index contributed by atoms with van der Waals surface area (Å²) in [6.07, 6.45) is -0.693. The first-order chi connectivity index (χ1) is 9.92. The molecule has 124 valence electrons. The second kappa shape index (κ2) is 6.95. The van der Waals surface area contributed by atoms with E-state index in [4.69, 9.17) is 16.7 Å². The summed E-state index contributed by atoms with van der Waals surface area (Å²) in [7, 11) is -3.85. The van der Waals surface area contributed by atoms with E-state index in [1.807, 2.05) is 0 Å². The van der Waals surface area contributed by atoms with E-state index in [0.29, 0.717) is 0 Å². The van der Waals surface area contributed by atoms with Gasteiger partial charge in [-0.3, -0.25) is 4.79 Å². The number of rotatable bonds is 5. The molecule has 0 aromatic heterocycles. The molecule has 0 bridgehead atoms. The van der Waals surface area contributed by atoms with E-state index in [1.54, 1.807) is 20.8 Å². The molecule has 8 heteroatoms. The van der Waals surface area contributed by atoms with Crippen LogP contribution < -0.4 is 10.0 Å². The summed E-state index contributed by atoms with van der Waals surface area (Å²) < 4.78 is 27.2. The first-order valence-electron chi connectivity index (χ1n) is 6.72. The van der Waals surface area contributed by atoms with Gasteiger partial charge in [-0.1, -0.05) is 11.6 Å². The second-order valence-corrected chi connectivity index (χ2v) is 8.12. The SMILES string of the molecule is CC(O)CNC(=O)c1ccc(Cl)c(S(=O)(=O)NC(C)(C)C)c1. The van der Waals surface area contributed by atoms with E-state index in [0.717, 1.165) is 0 Å². The van der Waals surface area contributed by atoms with Crippen molar-refractivity contribution in [1.29, 1.82) is 0 Å². The highest BCUT2D eigenvalue weighted by Gasteiger charge is 2.25. The Bertz CT molecular complexity index is 651. The summed E-state index contributed by atoms with van der Waals surface area (Å²) in [6.45, 7) is 6.72. The highest BCUT2D eigenvalue weighted by Crippen LogP contribution is 2.24. The predicted octanol–water partition coefficient (Wildman–Crippen LogP) is 1.53. The van der Waals surface area contributed by atoms with E-state index < -0.39 is 27.6 Å². The number of carbonyl (C=O) groups excluding carboxylic acids is 1. The number of nitrogens with one attached hydrogen (secondary N) is 2. The standard InChI is InChI=1S/C14H21ClN2O4S/c1-9(18)8-16-13(19)10-5-6-11(15)12(7-10)22(20,21)17-14(2,3)4/h5-7,9,17-18H,8H2,1-4H3,(H,16,19). The molecule has 0 spiro atoms. The van der Waals surface area contributed by atoms with Crippen molar-refractivity contribution in [3.05, 3.63) is 28.8 Å². The van der Waals surface area contributed by atoms with E-state index in [-0.39, 0.29) is 22.0 Å². The van der Waals surface area contributed by atoms with E-state index in [2.05, 4.69) is 10.0 Å². The zero-order valence-corrected chi connectivity index (χ0v) is 14.5. The molecule has 0 radical (unpaired) electrons. The minimum atomic E-state index is -3.85. The molecule has 0 saturated heterocycles. The Morgan fingerprint density at radius 2 is 1.95 bits per heavy atom. The van der Waals surface area contributed by atoms with Crippen molar-refractivity contribution >= 4 is 27.5 Å². The summed E-state index contributed by atoms with van der Waals surface area (Å²) in [5.74, 6) is -0.482. The Hall–Kier alpha value is -1.15. The molecule has 1 aromatic carbocycles. The molecule has 0 saturated carbocycles. The number of aliphatic hydroxyl groups is 1. The summed E-state index contributed by atoms with van der Waals surface area (Å²) >= 11 is 5.95. The van der Waals surface area contributed by atoms with Gasteiger partial charge in [0, 0.05) is 17.6 Å². The predicted molar refractivity (Wildman–Crippen MR) is 85.5 cm³/mol. The average molecular weight is 349 g/mol. The summed E-state index contributed by atoms with van der Waals surface area (Å²) in [6, 6.07) is 4.00. The van der Waals surface area contributed by atoms with Gasteiger partial charge in [0.1, 0.15) is 4.90 Å². The number of hydrogen-bond acceptors (Lipinski definition) is 4. The number of amides is 1. The number of hydrogen-bond donors (Lipinski definition) is 3. The van der Waals surface area contributed by atoms with Crippen LogP contribution in [-0.2, 0) is 10.0 Å². The molecule has 0 aliphatic carbocycles. The largest absolute Gasteiger partial charge is 0.392 e. The molecule has 0 aliphatic heterocycles. The van der Waals surface area contributed by atoms with Crippen LogP contribution in [0.2, 0.25) is 5.02 Å². The number of halogens is 1. The fraction of sp³-hybridized carbons (Fsp3) is 0.500. The number of sulfonamides is 1. The fourth-order valence-electron chi connectivity index (χ4n) is 1.65. The lowest BCUT2D eigenvalue weighted by atomic mass is 10.1. The molecular weight excluding hydrogens is 328 g/mol. The van der Waals surface area contributed by atoms with Crippen LogP contribution in [0.1, 0.15) is 38.1 Å². The van der Waals surface area contributed by atoms with Gasteiger partial charge in [0.2, 0.25) is 10.0 Å². The Labute approximate surface area is 135 Å². The molecule has 1 unspecified atom stereocenters. The van der Waals surface area contributed by atoms with Gasteiger partial charge in [0.25, 0.3) is 5.91 Å². The third-order valence-electron chi connectivity index (χ3n) is 2.48. The van der Waals surface area contributed by atoms with Gasteiger partial charge in [-0.15, -0.1) is 0 Å². The molecule has 0 aliphatic rings. The molecule has 6 nitrogen and oxygen atoms in total. The minimum Gasteiger partial charge on any atom is -0.392 e. The number of carbonyl (C=O) groups is 1. The maximum Gasteiger partial charge on any atom is 0.251 e. The van der Waals surface area contributed by atoms with Crippen LogP contribution in [0.3, 0.4) is 0 Å². The Morgan fingerprint density at radius 3 is 2.45 bits per heavy atom. The maximum atomic E-state index is 12.3. The van der Waals surface area contributed by atoms with Crippen LogP contribution in [0, 0.1) is 0 Å². The third kappa shape index (κ3) is 5.57. The number of benzene rings is 1. The van der Waals surface area contributed by atoms with Crippen LogP contribution in [-0.4, -0.2) is 37.6 Å². The summed E-state index contributed by atoms with van der Waals surface area (Å²) in [5, 5.41) is 11.7. The molecule has 1 aromatic rings. The highest BCUT2D eigenvalue weighted by atomic mass is 35.5. The topological polar surface area (TPSA) is 95.5 Å². The first kappa shape index (κ1) is 18.9. The average Bonchev–Trinajstić information content (AvgIpc) is 2.33. The van der Waals surface area contributed by atoms with E-state index in [9.17, 15) is 13.2 Å². The second-order valence-electron chi connectivity index (χ2n) is 6.06. The monoisotopic (exact) mass is 348 g/mol. The van der Waals surface area contributed by atoms with Crippen LogP contribution in [0.5, 0.6) is 0 Å². The molecule has 1 atom stereocenters. The van der Waals surface area contributed by atoms with Crippen LogP contribution in [0.15, 0.2) is 23.1 Å². The lowest BCUT2D eigenvalue weighted by molar-refractivity contribution is 0.0924. The van der Waals surface area contributed by atoms with Gasteiger partial charge in [-0.25, -0.2) is 13.1 Å². The van der Waals surface area contributed by atoms with Crippen molar-refractivity contribution < 1.29 is 18.3 Å². The van der Waals surface area contributed by atoms with Crippen molar-refractivity contribution in [2.24, 2.45) is 0 Å². The van der Waals surface area contributed by atoms with Gasteiger partial charge in [0.15, 0.2) is 0 Å². The van der Waals surface area contributed by atoms with Gasteiger partial charge in [-0.2, -0.15) is 0 Å². The van der Waals surface area contributed by atoms with E-state index in [1.165, 1.54) is 25.1 Å². The minimum absolute atomic E-state index is 0.0313. The normalized spacial score (nSPS) is 13.7. The van der Waals surface area contributed by atoms with Crippen molar-refractivity contribution in [2.75, 3.05) is 6.54 Å². The summed E-state index contributed by atoms with van der Waals surface area (Å²) in [5.41, 5.74) is -0.522. The Balaban J connectivity index is 3.12. The van der Waals surface area contributed by atoms with Crippen molar-refractivity contribution in [1.82, 2.24) is 10.0 Å². The quantitative estimate of drug-likeness (QED) is 0.752. The first-order valence-corrected chi connectivity index (χ1v) is 8.58. The molecule has 1 rings (SSSR count). The van der Waals surface area contributed by atoms with Gasteiger partial charge in [-0.05, 0) is 45.9 Å². The summed E-state index contributed by atoms with van der Waals surface area (Å²) in [4.78, 5) is 11.8. The zero-order valence-electron chi connectivity index (χ0n) is 13.0. The molecule has 3 N–H and O–H groups in total. The molecule has 1 amide bonds. The Kier molecular flexibility index (Phi) is 5.97. The van der Waals surface area contributed by atoms with Crippen molar-refractivity contribution in [3.8, 4) is 0 Å². The molecule has 0 heterocycles. The molecular formula is C14H21ClN2O4S.